The van der Waals surface area contributed by atoms with Crippen LogP contribution in [-0.2, 0) is 27.8 Å². The Labute approximate surface area is 117 Å². The van der Waals surface area contributed by atoms with E-state index < -0.39 is 5.97 Å². The Bertz CT molecular complexity index is 486. The molecular weight excluding hydrogens is 262 g/mol. The molecule has 0 bridgehead atoms. The summed E-state index contributed by atoms with van der Waals surface area (Å²) in [6.07, 6.45) is 4.52. The van der Waals surface area contributed by atoms with Crippen LogP contribution in [0, 0.1) is 0 Å². The number of rotatable bonds is 5. The average molecular weight is 281 g/mol. The van der Waals surface area contributed by atoms with Gasteiger partial charge >= 0.3 is 5.97 Å². The van der Waals surface area contributed by atoms with Gasteiger partial charge in [0, 0.05) is 26.2 Å². The lowest BCUT2D eigenvalue weighted by Gasteiger charge is -2.34. The second kappa shape index (κ2) is 6.51. The summed E-state index contributed by atoms with van der Waals surface area (Å²) in [5, 5.41) is 12.9. The Balaban J connectivity index is 1.90. The van der Waals surface area contributed by atoms with Crippen molar-refractivity contribution in [2.24, 2.45) is 7.05 Å². The van der Waals surface area contributed by atoms with Gasteiger partial charge in [-0.25, -0.2) is 0 Å². The number of carbonyl (C=O) groups excluding carboxylic acids is 1. The lowest BCUT2D eigenvalue weighted by atomic mass is 10.1. The maximum absolute atomic E-state index is 12.2. The monoisotopic (exact) mass is 281 g/mol. The minimum atomic E-state index is -0.912. The topological polar surface area (TPSA) is 84.7 Å². The lowest BCUT2D eigenvalue weighted by Crippen LogP contribution is -2.49. The molecule has 7 heteroatoms. The third-order valence-electron chi connectivity index (χ3n) is 3.34. The zero-order valence-electron chi connectivity index (χ0n) is 11.5. The highest BCUT2D eigenvalue weighted by Gasteiger charge is 2.28. The number of nitrogens with zero attached hydrogens (tertiary/aromatic N) is 3. The maximum Gasteiger partial charge on any atom is 0.305 e. The van der Waals surface area contributed by atoms with Crippen LogP contribution in [0.4, 0.5) is 0 Å². The molecule has 1 amide bonds. The number of carboxylic acids is 1. The van der Waals surface area contributed by atoms with Crippen molar-refractivity contribution in [2.75, 3.05) is 19.8 Å². The van der Waals surface area contributed by atoms with Gasteiger partial charge < -0.3 is 14.7 Å². The molecule has 1 aromatic heterocycles. The molecule has 1 atom stereocenters. The smallest absolute Gasteiger partial charge is 0.305 e. The van der Waals surface area contributed by atoms with Crippen LogP contribution in [0.3, 0.4) is 0 Å². The number of hydrogen-bond acceptors (Lipinski definition) is 4. The number of carboxylic acid groups (broad SMARTS) is 1. The van der Waals surface area contributed by atoms with Gasteiger partial charge in [-0.05, 0) is 12.0 Å². The molecule has 20 heavy (non-hydrogen) atoms. The number of aliphatic carboxylic acids is 1. The number of morpholine rings is 1. The van der Waals surface area contributed by atoms with Crippen molar-refractivity contribution < 1.29 is 19.4 Å². The first-order valence-electron chi connectivity index (χ1n) is 6.63. The molecule has 7 nitrogen and oxygen atoms in total. The van der Waals surface area contributed by atoms with Crippen molar-refractivity contribution in [1.82, 2.24) is 14.7 Å². The van der Waals surface area contributed by atoms with Gasteiger partial charge in [0.25, 0.3) is 0 Å². The summed E-state index contributed by atoms with van der Waals surface area (Å²) in [5.41, 5.74) is 1.00. The minimum Gasteiger partial charge on any atom is -0.481 e. The highest BCUT2D eigenvalue weighted by Crippen LogP contribution is 2.13. The van der Waals surface area contributed by atoms with Gasteiger partial charge in [0.2, 0.25) is 5.91 Å². The van der Waals surface area contributed by atoms with Crippen LogP contribution in [0.2, 0.25) is 0 Å². The van der Waals surface area contributed by atoms with Crippen LogP contribution in [-0.4, -0.2) is 57.5 Å². The maximum atomic E-state index is 12.2. The molecule has 1 aromatic rings. The van der Waals surface area contributed by atoms with E-state index in [0.29, 0.717) is 32.6 Å². The number of aromatic nitrogens is 2. The van der Waals surface area contributed by atoms with E-state index in [2.05, 4.69) is 5.10 Å². The van der Waals surface area contributed by atoms with Crippen molar-refractivity contribution in [2.45, 2.75) is 25.3 Å². The minimum absolute atomic E-state index is 0.0246. The van der Waals surface area contributed by atoms with Crippen LogP contribution in [0.1, 0.15) is 18.4 Å². The van der Waals surface area contributed by atoms with Crippen LogP contribution in [0.25, 0.3) is 0 Å². The standard InChI is InChI=1S/C13H19N3O4/c1-15-8-10(7-14-15)2-3-12(17)16-4-5-20-9-11(16)6-13(18)19/h7-8,11H,2-6,9H2,1H3,(H,18,19). The van der Waals surface area contributed by atoms with E-state index in [1.54, 1.807) is 15.8 Å². The summed E-state index contributed by atoms with van der Waals surface area (Å²) >= 11 is 0. The molecule has 0 aromatic carbocycles. The molecule has 1 aliphatic heterocycles. The number of amides is 1. The van der Waals surface area contributed by atoms with E-state index in [4.69, 9.17) is 9.84 Å². The Kier molecular flexibility index (Phi) is 4.73. The molecule has 0 spiro atoms. The molecule has 0 aliphatic carbocycles. The number of carbonyl (C=O) groups is 2. The highest BCUT2D eigenvalue weighted by molar-refractivity contribution is 5.78. The second-order valence-electron chi connectivity index (χ2n) is 4.94. The molecule has 1 saturated heterocycles. The lowest BCUT2D eigenvalue weighted by molar-refractivity contribution is -0.146. The number of hydrogen-bond donors (Lipinski definition) is 1. The summed E-state index contributed by atoms with van der Waals surface area (Å²) in [7, 11) is 1.83. The van der Waals surface area contributed by atoms with Crippen LogP contribution >= 0.6 is 0 Å². The van der Waals surface area contributed by atoms with E-state index in [0.717, 1.165) is 5.56 Å². The third-order valence-corrected chi connectivity index (χ3v) is 3.34. The SMILES string of the molecule is Cn1cc(CCC(=O)N2CCOCC2CC(=O)O)cn1. The van der Waals surface area contributed by atoms with E-state index in [9.17, 15) is 9.59 Å². The molecule has 1 fully saturated rings. The highest BCUT2D eigenvalue weighted by atomic mass is 16.5. The molecule has 1 aliphatic rings. The van der Waals surface area contributed by atoms with E-state index in [1.165, 1.54) is 0 Å². The first kappa shape index (κ1) is 14.5. The second-order valence-corrected chi connectivity index (χ2v) is 4.94. The normalized spacial score (nSPS) is 19.1. The molecule has 2 heterocycles. The zero-order valence-corrected chi connectivity index (χ0v) is 11.5. The van der Waals surface area contributed by atoms with E-state index >= 15 is 0 Å². The Morgan fingerprint density at radius 1 is 1.55 bits per heavy atom. The summed E-state index contributed by atoms with van der Waals surface area (Å²) in [4.78, 5) is 24.7. The Hall–Kier alpha value is -1.89. The van der Waals surface area contributed by atoms with E-state index in [1.807, 2.05) is 13.2 Å². The molecule has 110 valence electrons. The largest absolute Gasteiger partial charge is 0.481 e. The summed E-state index contributed by atoms with van der Waals surface area (Å²) in [6.45, 7) is 1.23. The van der Waals surface area contributed by atoms with Crippen LogP contribution in [0.15, 0.2) is 12.4 Å². The van der Waals surface area contributed by atoms with Crippen molar-refractivity contribution in [3.63, 3.8) is 0 Å². The molecule has 0 radical (unpaired) electrons. The predicted octanol–water partition coefficient (Wildman–Crippen LogP) is 0.0548. The number of ether oxygens (including phenoxy) is 1. The van der Waals surface area contributed by atoms with Crippen molar-refractivity contribution in [3.8, 4) is 0 Å². The fraction of sp³-hybridized carbons (Fsp3) is 0.615. The first-order valence-corrected chi connectivity index (χ1v) is 6.63. The summed E-state index contributed by atoms with van der Waals surface area (Å²) < 4.78 is 6.96. The van der Waals surface area contributed by atoms with Gasteiger partial charge in [0.15, 0.2) is 0 Å². The fourth-order valence-electron chi connectivity index (χ4n) is 2.35. The van der Waals surface area contributed by atoms with Crippen LogP contribution in [0.5, 0.6) is 0 Å². The van der Waals surface area contributed by atoms with Gasteiger partial charge in [-0.3, -0.25) is 14.3 Å². The molecule has 0 saturated carbocycles. The Morgan fingerprint density at radius 2 is 2.35 bits per heavy atom. The third kappa shape index (κ3) is 3.80. The first-order chi connectivity index (χ1) is 9.56. The van der Waals surface area contributed by atoms with Gasteiger partial charge in [0.05, 0.1) is 31.9 Å². The van der Waals surface area contributed by atoms with Gasteiger partial charge in [-0.15, -0.1) is 0 Å². The molecule has 2 rings (SSSR count). The summed E-state index contributed by atoms with van der Waals surface area (Å²) in [5.74, 6) is -0.936. The zero-order chi connectivity index (χ0) is 14.5. The quantitative estimate of drug-likeness (QED) is 0.824. The summed E-state index contributed by atoms with van der Waals surface area (Å²) in [6, 6.07) is -0.359. The Morgan fingerprint density at radius 3 is 3.00 bits per heavy atom. The van der Waals surface area contributed by atoms with Crippen molar-refractivity contribution >= 4 is 11.9 Å². The molecular formula is C13H19N3O4. The van der Waals surface area contributed by atoms with Crippen LogP contribution < -0.4 is 0 Å². The molecule has 1 unspecified atom stereocenters. The average Bonchev–Trinajstić information content (AvgIpc) is 2.82. The van der Waals surface area contributed by atoms with Gasteiger partial charge in [0.1, 0.15) is 0 Å². The van der Waals surface area contributed by atoms with Gasteiger partial charge in [-0.2, -0.15) is 5.10 Å². The molecule has 1 N–H and O–H groups in total. The van der Waals surface area contributed by atoms with Gasteiger partial charge in [-0.1, -0.05) is 0 Å². The fourth-order valence-corrected chi connectivity index (χ4v) is 2.35. The number of aryl methyl sites for hydroxylation is 2. The van der Waals surface area contributed by atoms with Crippen molar-refractivity contribution in [3.05, 3.63) is 18.0 Å². The van der Waals surface area contributed by atoms with E-state index in [-0.39, 0.29) is 18.4 Å². The van der Waals surface area contributed by atoms with Crippen molar-refractivity contribution in [1.29, 1.82) is 0 Å². The predicted molar refractivity (Wildman–Crippen MR) is 70.1 cm³/mol.